The van der Waals surface area contributed by atoms with E-state index in [9.17, 15) is 9.59 Å². The number of carboxylic acid groups (broad SMARTS) is 1. The lowest BCUT2D eigenvalue weighted by molar-refractivity contribution is -0.142. The van der Waals surface area contributed by atoms with Gasteiger partial charge in [0.2, 0.25) is 5.91 Å². The third-order valence-corrected chi connectivity index (χ3v) is 3.65. The summed E-state index contributed by atoms with van der Waals surface area (Å²) >= 11 is 0. The van der Waals surface area contributed by atoms with Crippen LogP contribution in [0.1, 0.15) is 38.5 Å². The molecule has 1 aliphatic carbocycles. The Morgan fingerprint density at radius 3 is 2.60 bits per heavy atom. The number of carbonyl (C=O) groups excluding carboxylic acids is 1. The van der Waals surface area contributed by atoms with Gasteiger partial charge in [-0.15, -0.1) is 0 Å². The fraction of sp³-hybridized carbons (Fsp3) is 0.818. The summed E-state index contributed by atoms with van der Waals surface area (Å²) in [6, 6.07) is 0. The number of hydrogen-bond acceptors (Lipinski definition) is 2. The summed E-state index contributed by atoms with van der Waals surface area (Å²) < 4.78 is 0. The third kappa shape index (κ3) is 2.13. The first-order chi connectivity index (χ1) is 7.11. The molecule has 0 aromatic rings. The topological polar surface area (TPSA) is 57.6 Å². The number of hydrogen-bond donors (Lipinski definition) is 1. The van der Waals surface area contributed by atoms with Gasteiger partial charge in [0.05, 0.1) is 0 Å². The van der Waals surface area contributed by atoms with Gasteiger partial charge in [0.25, 0.3) is 0 Å². The summed E-state index contributed by atoms with van der Waals surface area (Å²) in [5.74, 6) is -0.879. The second kappa shape index (κ2) is 3.83. The number of aliphatic carboxylic acids is 1. The molecule has 2 rings (SSSR count). The minimum Gasteiger partial charge on any atom is -0.480 e. The Kier molecular flexibility index (Phi) is 2.67. The summed E-state index contributed by atoms with van der Waals surface area (Å²) in [5, 5.41) is 8.68. The smallest absolute Gasteiger partial charge is 0.323 e. The van der Waals surface area contributed by atoms with Crippen LogP contribution in [0.25, 0.3) is 0 Å². The molecule has 84 valence electrons. The molecule has 2 aliphatic rings. The molecule has 0 bridgehead atoms. The molecule has 2 fully saturated rings. The average Bonchev–Trinajstić information content (AvgIpc) is 2.43. The van der Waals surface area contributed by atoms with Gasteiger partial charge in [-0.05, 0) is 18.3 Å². The van der Waals surface area contributed by atoms with Crippen molar-refractivity contribution in [1.82, 2.24) is 4.90 Å². The van der Waals surface area contributed by atoms with Crippen molar-refractivity contribution in [2.24, 2.45) is 5.41 Å². The van der Waals surface area contributed by atoms with Gasteiger partial charge in [-0.3, -0.25) is 9.59 Å². The molecule has 0 radical (unpaired) electrons. The molecule has 15 heavy (non-hydrogen) atoms. The van der Waals surface area contributed by atoms with Crippen molar-refractivity contribution in [3.8, 4) is 0 Å². The van der Waals surface area contributed by atoms with Gasteiger partial charge < -0.3 is 10.0 Å². The van der Waals surface area contributed by atoms with Crippen LogP contribution in [0.4, 0.5) is 0 Å². The van der Waals surface area contributed by atoms with Crippen LogP contribution in [-0.4, -0.2) is 35.0 Å². The summed E-state index contributed by atoms with van der Waals surface area (Å²) in [6.07, 6.45) is 6.39. The maximum absolute atomic E-state index is 11.6. The van der Waals surface area contributed by atoms with Crippen molar-refractivity contribution < 1.29 is 14.7 Å². The number of likely N-dealkylation sites (tertiary alicyclic amines) is 1. The number of rotatable bonds is 2. The highest BCUT2D eigenvalue weighted by atomic mass is 16.4. The van der Waals surface area contributed by atoms with Gasteiger partial charge in [0.1, 0.15) is 6.54 Å². The lowest BCUT2D eigenvalue weighted by atomic mass is 9.73. The predicted molar refractivity (Wildman–Crippen MR) is 54.4 cm³/mol. The Morgan fingerprint density at radius 2 is 2.00 bits per heavy atom. The fourth-order valence-corrected chi connectivity index (χ4v) is 2.93. The van der Waals surface area contributed by atoms with E-state index in [2.05, 4.69) is 0 Å². The van der Waals surface area contributed by atoms with Gasteiger partial charge in [-0.1, -0.05) is 19.3 Å². The summed E-state index contributed by atoms with van der Waals surface area (Å²) in [5.41, 5.74) is 0.116. The number of carboxylic acids is 1. The van der Waals surface area contributed by atoms with Crippen LogP contribution >= 0.6 is 0 Å². The van der Waals surface area contributed by atoms with Crippen LogP contribution in [0, 0.1) is 5.41 Å². The zero-order valence-electron chi connectivity index (χ0n) is 8.87. The first kappa shape index (κ1) is 10.5. The highest BCUT2D eigenvalue weighted by Gasteiger charge is 2.43. The first-order valence-electron chi connectivity index (χ1n) is 5.61. The van der Waals surface area contributed by atoms with Gasteiger partial charge >= 0.3 is 5.97 Å². The number of nitrogens with zero attached hydrogens (tertiary/aromatic N) is 1. The molecule has 0 aromatic carbocycles. The quantitative estimate of drug-likeness (QED) is 0.748. The number of amides is 1. The highest BCUT2D eigenvalue weighted by Crippen LogP contribution is 2.43. The predicted octanol–water partition coefficient (Wildman–Crippen LogP) is 1.25. The van der Waals surface area contributed by atoms with Gasteiger partial charge in [0, 0.05) is 13.0 Å². The Balaban J connectivity index is 2.01. The lowest BCUT2D eigenvalue weighted by Gasteiger charge is -2.32. The van der Waals surface area contributed by atoms with Crippen LogP contribution in [0.3, 0.4) is 0 Å². The van der Waals surface area contributed by atoms with E-state index in [-0.39, 0.29) is 17.9 Å². The molecular weight excluding hydrogens is 194 g/mol. The van der Waals surface area contributed by atoms with Crippen molar-refractivity contribution in [2.45, 2.75) is 38.5 Å². The van der Waals surface area contributed by atoms with E-state index >= 15 is 0 Å². The summed E-state index contributed by atoms with van der Waals surface area (Å²) in [6.45, 7) is 0.540. The van der Waals surface area contributed by atoms with E-state index in [1.54, 1.807) is 0 Å². The second-order valence-electron chi connectivity index (χ2n) is 4.88. The largest absolute Gasteiger partial charge is 0.480 e. The zero-order valence-corrected chi connectivity index (χ0v) is 8.87. The molecule has 1 N–H and O–H groups in total. The van der Waals surface area contributed by atoms with Crippen LogP contribution in [-0.2, 0) is 9.59 Å². The minimum absolute atomic E-state index is 0.0271. The SMILES string of the molecule is O=C(O)CN1CC2(CCCCC2)CC1=O. The van der Waals surface area contributed by atoms with Gasteiger partial charge in [-0.2, -0.15) is 0 Å². The molecule has 1 heterocycles. The third-order valence-electron chi connectivity index (χ3n) is 3.65. The Labute approximate surface area is 89.3 Å². The maximum Gasteiger partial charge on any atom is 0.323 e. The Bertz CT molecular complexity index is 282. The highest BCUT2D eigenvalue weighted by molar-refractivity contribution is 5.83. The normalized spacial score (nSPS) is 24.8. The Hall–Kier alpha value is -1.06. The van der Waals surface area contributed by atoms with Gasteiger partial charge in [0.15, 0.2) is 0 Å². The van der Waals surface area contributed by atoms with Gasteiger partial charge in [-0.25, -0.2) is 0 Å². The molecule has 1 spiro atoms. The fourth-order valence-electron chi connectivity index (χ4n) is 2.93. The van der Waals surface area contributed by atoms with E-state index in [0.29, 0.717) is 13.0 Å². The Morgan fingerprint density at radius 1 is 1.33 bits per heavy atom. The van der Waals surface area contributed by atoms with Crippen molar-refractivity contribution in [3.05, 3.63) is 0 Å². The summed E-state index contributed by atoms with van der Waals surface area (Å²) in [7, 11) is 0. The molecule has 1 amide bonds. The minimum atomic E-state index is -0.906. The summed E-state index contributed by atoms with van der Waals surface area (Å²) in [4.78, 5) is 23.7. The van der Waals surface area contributed by atoms with Crippen LogP contribution in [0.2, 0.25) is 0 Å². The molecule has 1 saturated heterocycles. The molecule has 0 atom stereocenters. The van der Waals surface area contributed by atoms with Crippen LogP contribution in [0.15, 0.2) is 0 Å². The van der Waals surface area contributed by atoms with E-state index in [1.165, 1.54) is 24.2 Å². The number of carbonyl (C=O) groups is 2. The maximum atomic E-state index is 11.6. The molecular formula is C11H17NO3. The molecule has 0 aromatic heterocycles. The zero-order chi connectivity index (χ0) is 10.9. The van der Waals surface area contributed by atoms with E-state index in [1.807, 2.05) is 0 Å². The molecule has 4 heteroatoms. The lowest BCUT2D eigenvalue weighted by Crippen LogP contribution is -2.33. The van der Waals surface area contributed by atoms with Crippen molar-refractivity contribution in [3.63, 3.8) is 0 Å². The van der Waals surface area contributed by atoms with Crippen molar-refractivity contribution in [1.29, 1.82) is 0 Å². The monoisotopic (exact) mass is 211 g/mol. The van der Waals surface area contributed by atoms with Crippen molar-refractivity contribution >= 4 is 11.9 Å². The first-order valence-corrected chi connectivity index (χ1v) is 5.61. The van der Waals surface area contributed by atoms with Crippen LogP contribution in [0.5, 0.6) is 0 Å². The van der Waals surface area contributed by atoms with E-state index in [0.717, 1.165) is 12.8 Å². The second-order valence-corrected chi connectivity index (χ2v) is 4.88. The standard InChI is InChI=1S/C11H17NO3/c13-9-6-11(4-2-1-3-5-11)8-12(9)7-10(14)15/h1-8H2,(H,14,15). The molecule has 0 unspecified atom stereocenters. The molecule has 1 aliphatic heterocycles. The molecule has 4 nitrogen and oxygen atoms in total. The van der Waals surface area contributed by atoms with E-state index in [4.69, 9.17) is 5.11 Å². The molecule has 1 saturated carbocycles. The van der Waals surface area contributed by atoms with Crippen molar-refractivity contribution in [2.75, 3.05) is 13.1 Å². The van der Waals surface area contributed by atoms with E-state index < -0.39 is 5.97 Å². The average molecular weight is 211 g/mol. The van der Waals surface area contributed by atoms with Crippen LogP contribution < -0.4 is 0 Å².